The summed E-state index contributed by atoms with van der Waals surface area (Å²) in [5, 5.41) is 7.78. The van der Waals surface area contributed by atoms with Crippen molar-refractivity contribution in [1.82, 2.24) is 15.1 Å². The summed E-state index contributed by atoms with van der Waals surface area (Å²) in [4.78, 5) is 11.4. The first-order chi connectivity index (χ1) is 10.0. The average molecular weight is 291 g/mol. The fourth-order valence-corrected chi connectivity index (χ4v) is 2.19. The molecule has 2 rings (SSSR count). The highest BCUT2D eigenvalue weighted by atomic mass is 16.5. The minimum atomic E-state index is -0.464. The van der Waals surface area contributed by atoms with E-state index in [4.69, 9.17) is 4.42 Å². The van der Waals surface area contributed by atoms with Crippen LogP contribution < -0.4 is 5.32 Å². The highest BCUT2D eigenvalue weighted by Crippen LogP contribution is 2.18. The Labute approximate surface area is 124 Å². The second-order valence-corrected chi connectivity index (χ2v) is 4.92. The highest BCUT2D eigenvalue weighted by molar-refractivity contribution is 5.86. The average Bonchev–Trinajstić information content (AvgIpc) is 3.10. The Balaban J connectivity index is 1.99. The van der Waals surface area contributed by atoms with E-state index < -0.39 is 5.97 Å². The Bertz CT molecular complexity index is 615. The van der Waals surface area contributed by atoms with Gasteiger partial charge in [0, 0.05) is 25.4 Å². The quantitative estimate of drug-likeness (QED) is 0.826. The van der Waals surface area contributed by atoms with Crippen LogP contribution in [0.4, 0.5) is 0 Å². The molecule has 0 saturated carbocycles. The van der Waals surface area contributed by atoms with Crippen molar-refractivity contribution >= 4 is 5.97 Å². The molecule has 0 fully saturated rings. The standard InChI is InChI=1S/C15H21N3O3/c1-5-12-11(9-18(3)17-12)8-16-10(2)13-6-7-14(21-13)15(19)20-4/h6-7,9-10,16H,5,8H2,1-4H3. The van der Waals surface area contributed by atoms with E-state index in [0.29, 0.717) is 12.3 Å². The number of esters is 1. The van der Waals surface area contributed by atoms with Gasteiger partial charge in [0.15, 0.2) is 0 Å². The van der Waals surface area contributed by atoms with Crippen molar-refractivity contribution in [2.75, 3.05) is 7.11 Å². The van der Waals surface area contributed by atoms with Gasteiger partial charge in [-0.05, 0) is 25.5 Å². The number of hydrogen-bond acceptors (Lipinski definition) is 5. The lowest BCUT2D eigenvalue weighted by molar-refractivity contribution is 0.0562. The normalized spacial score (nSPS) is 12.4. The fourth-order valence-electron chi connectivity index (χ4n) is 2.19. The number of aryl methyl sites for hydroxylation is 2. The lowest BCUT2D eigenvalue weighted by Crippen LogP contribution is -2.18. The molecule has 1 N–H and O–H groups in total. The van der Waals surface area contributed by atoms with Crippen molar-refractivity contribution in [3.63, 3.8) is 0 Å². The van der Waals surface area contributed by atoms with Crippen molar-refractivity contribution in [3.05, 3.63) is 41.1 Å². The molecule has 2 aromatic rings. The number of carbonyl (C=O) groups is 1. The molecular formula is C15H21N3O3. The Morgan fingerprint density at radius 2 is 2.29 bits per heavy atom. The van der Waals surface area contributed by atoms with Crippen LogP contribution in [-0.4, -0.2) is 22.9 Å². The van der Waals surface area contributed by atoms with Crippen LogP contribution in [0.5, 0.6) is 0 Å². The fraction of sp³-hybridized carbons (Fsp3) is 0.467. The predicted octanol–water partition coefficient (Wildman–Crippen LogP) is 2.21. The van der Waals surface area contributed by atoms with E-state index in [-0.39, 0.29) is 11.8 Å². The summed E-state index contributed by atoms with van der Waals surface area (Å²) < 4.78 is 11.9. The third kappa shape index (κ3) is 3.52. The molecule has 0 aliphatic heterocycles. The summed E-state index contributed by atoms with van der Waals surface area (Å²) >= 11 is 0. The predicted molar refractivity (Wildman–Crippen MR) is 77.9 cm³/mol. The topological polar surface area (TPSA) is 69.3 Å². The molecule has 114 valence electrons. The molecule has 2 heterocycles. The molecular weight excluding hydrogens is 270 g/mol. The number of rotatable bonds is 6. The summed E-state index contributed by atoms with van der Waals surface area (Å²) in [5.41, 5.74) is 2.26. The summed E-state index contributed by atoms with van der Waals surface area (Å²) in [7, 11) is 3.25. The van der Waals surface area contributed by atoms with Crippen LogP contribution in [0.25, 0.3) is 0 Å². The van der Waals surface area contributed by atoms with Gasteiger partial charge in [0.2, 0.25) is 5.76 Å². The molecule has 6 nitrogen and oxygen atoms in total. The van der Waals surface area contributed by atoms with Gasteiger partial charge in [0.05, 0.1) is 18.8 Å². The van der Waals surface area contributed by atoms with E-state index in [1.807, 2.05) is 24.9 Å². The molecule has 0 saturated heterocycles. The minimum absolute atomic E-state index is 0.00619. The number of methoxy groups -OCH3 is 1. The van der Waals surface area contributed by atoms with Crippen molar-refractivity contribution in [1.29, 1.82) is 0 Å². The Hall–Kier alpha value is -2.08. The zero-order chi connectivity index (χ0) is 15.4. The first-order valence-electron chi connectivity index (χ1n) is 6.98. The van der Waals surface area contributed by atoms with Gasteiger partial charge in [-0.1, -0.05) is 6.92 Å². The molecule has 0 aliphatic carbocycles. The molecule has 1 unspecified atom stereocenters. The lowest BCUT2D eigenvalue weighted by Gasteiger charge is -2.11. The van der Waals surface area contributed by atoms with Crippen LogP contribution in [-0.2, 0) is 24.8 Å². The number of aromatic nitrogens is 2. The van der Waals surface area contributed by atoms with Gasteiger partial charge in [-0.25, -0.2) is 4.79 Å². The number of hydrogen-bond donors (Lipinski definition) is 1. The van der Waals surface area contributed by atoms with E-state index >= 15 is 0 Å². The highest BCUT2D eigenvalue weighted by Gasteiger charge is 2.15. The molecule has 0 bridgehead atoms. The molecule has 0 aliphatic rings. The number of nitrogens with zero attached hydrogens (tertiary/aromatic N) is 2. The third-order valence-electron chi connectivity index (χ3n) is 3.37. The number of furan rings is 1. The van der Waals surface area contributed by atoms with Crippen LogP contribution in [0.3, 0.4) is 0 Å². The van der Waals surface area contributed by atoms with E-state index in [1.165, 1.54) is 12.7 Å². The maximum Gasteiger partial charge on any atom is 0.373 e. The lowest BCUT2D eigenvalue weighted by atomic mass is 10.2. The van der Waals surface area contributed by atoms with Gasteiger partial charge in [0.25, 0.3) is 0 Å². The molecule has 6 heteroatoms. The second kappa shape index (κ2) is 6.58. The summed E-state index contributed by atoms with van der Waals surface area (Å²) in [6.07, 6.45) is 2.92. The molecule has 1 atom stereocenters. The largest absolute Gasteiger partial charge is 0.463 e. The molecule has 0 radical (unpaired) electrons. The second-order valence-electron chi connectivity index (χ2n) is 4.92. The maximum absolute atomic E-state index is 11.4. The maximum atomic E-state index is 11.4. The van der Waals surface area contributed by atoms with Crippen LogP contribution in [0.15, 0.2) is 22.7 Å². The summed E-state index contributed by atoms with van der Waals surface area (Å²) in [6, 6.07) is 3.41. The van der Waals surface area contributed by atoms with Gasteiger partial charge < -0.3 is 14.5 Å². The first-order valence-corrected chi connectivity index (χ1v) is 6.98. The number of ether oxygens (including phenoxy) is 1. The van der Waals surface area contributed by atoms with Gasteiger partial charge in [-0.15, -0.1) is 0 Å². The van der Waals surface area contributed by atoms with E-state index in [0.717, 1.165) is 12.1 Å². The minimum Gasteiger partial charge on any atom is -0.463 e. The van der Waals surface area contributed by atoms with Crippen molar-refractivity contribution in [2.24, 2.45) is 7.05 Å². The van der Waals surface area contributed by atoms with Crippen LogP contribution >= 0.6 is 0 Å². The van der Waals surface area contributed by atoms with Crippen LogP contribution in [0.2, 0.25) is 0 Å². The van der Waals surface area contributed by atoms with Crippen LogP contribution in [0.1, 0.15) is 47.5 Å². The smallest absolute Gasteiger partial charge is 0.373 e. The molecule has 2 aromatic heterocycles. The van der Waals surface area contributed by atoms with Crippen molar-refractivity contribution in [3.8, 4) is 0 Å². The van der Waals surface area contributed by atoms with Gasteiger partial charge in [-0.3, -0.25) is 4.68 Å². The first kappa shape index (κ1) is 15.3. The number of carbonyl (C=O) groups excluding carboxylic acids is 1. The van der Waals surface area contributed by atoms with Crippen molar-refractivity contribution < 1.29 is 13.9 Å². The zero-order valence-corrected chi connectivity index (χ0v) is 12.8. The van der Waals surface area contributed by atoms with Gasteiger partial charge in [0.1, 0.15) is 5.76 Å². The SMILES string of the molecule is CCc1nn(C)cc1CNC(C)c1ccc(C(=O)OC)o1. The monoisotopic (exact) mass is 291 g/mol. The third-order valence-corrected chi connectivity index (χ3v) is 3.37. The Morgan fingerprint density at radius 1 is 1.52 bits per heavy atom. The summed E-state index contributed by atoms with van der Waals surface area (Å²) in [5.74, 6) is 0.461. The summed E-state index contributed by atoms with van der Waals surface area (Å²) in [6.45, 7) is 4.78. The molecule has 21 heavy (non-hydrogen) atoms. The van der Waals surface area contributed by atoms with E-state index in [1.54, 1.807) is 12.1 Å². The van der Waals surface area contributed by atoms with Crippen LogP contribution in [0, 0.1) is 0 Å². The zero-order valence-electron chi connectivity index (χ0n) is 12.8. The molecule has 0 aromatic carbocycles. The van der Waals surface area contributed by atoms with Gasteiger partial charge >= 0.3 is 5.97 Å². The Morgan fingerprint density at radius 3 is 2.95 bits per heavy atom. The van der Waals surface area contributed by atoms with Crippen molar-refractivity contribution in [2.45, 2.75) is 32.9 Å². The van der Waals surface area contributed by atoms with E-state index in [2.05, 4.69) is 22.1 Å². The molecule has 0 spiro atoms. The van der Waals surface area contributed by atoms with Gasteiger partial charge in [-0.2, -0.15) is 5.10 Å². The molecule has 0 amide bonds. The number of nitrogens with one attached hydrogen (secondary N) is 1. The van der Waals surface area contributed by atoms with E-state index in [9.17, 15) is 4.79 Å². The Kier molecular flexibility index (Phi) is 4.80.